The maximum atomic E-state index is 13.3. The lowest BCUT2D eigenvalue weighted by Crippen LogP contribution is -2.57. The first-order valence-electron chi connectivity index (χ1n) is 11.4. The number of fused-ring (bicyclic) bond motifs is 1. The van der Waals surface area contributed by atoms with Crippen molar-refractivity contribution in [2.24, 2.45) is 0 Å². The molecule has 2 aliphatic rings. The Balaban J connectivity index is 1.41. The smallest absolute Gasteiger partial charge is 0.314 e. The molecule has 0 unspecified atom stereocenters. The summed E-state index contributed by atoms with van der Waals surface area (Å²) in [5, 5.41) is 8.08. The number of anilines is 1. The predicted octanol–water partition coefficient (Wildman–Crippen LogP) is -0.108. The Morgan fingerprint density at radius 1 is 1.17 bits per heavy atom. The van der Waals surface area contributed by atoms with Gasteiger partial charge in [0, 0.05) is 45.3 Å². The molecule has 4 rings (SSSR count). The molecule has 0 spiro atoms. The number of carbonyl (C=O) groups excluding carboxylic acids is 4. The van der Waals surface area contributed by atoms with Crippen LogP contribution >= 0.6 is 22.9 Å². The topological polar surface area (TPSA) is 146 Å². The fraction of sp³-hybridized carbons (Fsp3) is 0.455. The van der Waals surface area contributed by atoms with Crippen molar-refractivity contribution in [2.45, 2.75) is 19.1 Å². The van der Waals surface area contributed by atoms with Gasteiger partial charge in [-0.25, -0.2) is 9.97 Å². The number of pyridine rings is 1. The first-order chi connectivity index (χ1) is 17.3. The number of nitrogens with zero attached hydrogens (tertiary/aromatic N) is 4. The van der Waals surface area contributed by atoms with Gasteiger partial charge in [-0.05, 0) is 19.2 Å². The van der Waals surface area contributed by atoms with Gasteiger partial charge in [-0.2, -0.15) is 0 Å². The van der Waals surface area contributed by atoms with Gasteiger partial charge in [0.1, 0.15) is 11.9 Å². The molecule has 0 saturated carbocycles. The summed E-state index contributed by atoms with van der Waals surface area (Å²) in [6.45, 7) is 3.02. The molecule has 1 saturated heterocycles. The van der Waals surface area contributed by atoms with Crippen molar-refractivity contribution in [3.8, 4) is 0 Å². The molecule has 4 heterocycles. The first-order valence-corrected chi connectivity index (χ1v) is 12.5. The number of ether oxygens (including phenoxy) is 1. The highest BCUT2D eigenvalue weighted by Gasteiger charge is 2.30. The highest BCUT2D eigenvalue weighted by atomic mass is 35.5. The van der Waals surface area contributed by atoms with Crippen molar-refractivity contribution in [1.29, 1.82) is 0 Å². The average molecular weight is 536 g/mol. The fourth-order valence-electron chi connectivity index (χ4n) is 3.69. The normalized spacial score (nSPS) is 16.6. The lowest BCUT2D eigenvalue weighted by molar-refractivity contribution is -0.137. The third-order valence-corrected chi connectivity index (χ3v) is 7.04. The quantitative estimate of drug-likeness (QED) is 0.434. The highest BCUT2D eigenvalue weighted by molar-refractivity contribution is 7.13. The second-order valence-corrected chi connectivity index (χ2v) is 9.89. The summed E-state index contributed by atoms with van der Waals surface area (Å²) in [7, 11) is 1.96. The van der Waals surface area contributed by atoms with Crippen LogP contribution in [0, 0.1) is 0 Å². The monoisotopic (exact) mass is 535 g/mol. The summed E-state index contributed by atoms with van der Waals surface area (Å²) >= 11 is 6.99. The Hall–Kier alpha value is -3.13. The van der Waals surface area contributed by atoms with E-state index in [9.17, 15) is 19.2 Å². The Kier molecular flexibility index (Phi) is 8.46. The van der Waals surface area contributed by atoms with E-state index < -0.39 is 23.8 Å². The molecule has 0 aromatic carbocycles. The van der Waals surface area contributed by atoms with Crippen molar-refractivity contribution >= 4 is 52.4 Å². The third kappa shape index (κ3) is 6.55. The van der Waals surface area contributed by atoms with Crippen LogP contribution in [0.3, 0.4) is 0 Å². The molecular weight excluding hydrogens is 510 g/mol. The number of aromatic nitrogens is 2. The van der Waals surface area contributed by atoms with E-state index >= 15 is 0 Å². The summed E-state index contributed by atoms with van der Waals surface area (Å²) in [6.07, 6.45) is 1.95. The average Bonchev–Trinajstić information content (AvgIpc) is 3.32. The van der Waals surface area contributed by atoms with Crippen molar-refractivity contribution < 1.29 is 23.9 Å². The van der Waals surface area contributed by atoms with Crippen LogP contribution in [0.2, 0.25) is 5.02 Å². The molecule has 14 heteroatoms. The molecule has 0 aliphatic carbocycles. The number of thiazole rings is 1. The zero-order valence-electron chi connectivity index (χ0n) is 19.6. The Morgan fingerprint density at radius 3 is 2.64 bits per heavy atom. The van der Waals surface area contributed by atoms with Gasteiger partial charge in [0.2, 0.25) is 5.91 Å². The van der Waals surface area contributed by atoms with E-state index in [-0.39, 0.29) is 23.3 Å². The molecule has 1 fully saturated rings. The second-order valence-electron chi connectivity index (χ2n) is 8.37. The van der Waals surface area contributed by atoms with Crippen molar-refractivity contribution in [2.75, 3.05) is 51.7 Å². The van der Waals surface area contributed by atoms with Gasteiger partial charge in [0.25, 0.3) is 5.91 Å². The van der Waals surface area contributed by atoms with Crippen molar-refractivity contribution in [3.05, 3.63) is 38.9 Å². The predicted molar refractivity (Wildman–Crippen MR) is 132 cm³/mol. The number of nitrogens with one attached hydrogen (secondary N) is 3. The highest BCUT2D eigenvalue weighted by Crippen LogP contribution is 2.23. The second kappa shape index (κ2) is 11.7. The third-order valence-electron chi connectivity index (χ3n) is 5.75. The van der Waals surface area contributed by atoms with Gasteiger partial charge >= 0.3 is 11.8 Å². The van der Waals surface area contributed by atoms with E-state index in [0.29, 0.717) is 50.8 Å². The largest absolute Gasteiger partial charge is 0.375 e. The number of amides is 4. The molecule has 1 atom stereocenters. The lowest BCUT2D eigenvalue weighted by atomic mass is 10.2. The van der Waals surface area contributed by atoms with Crippen LogP contribution in [0.1, 0.15) is 20.4 Å². The Morgan fingerprint density at radius 2 is 1.94 bits per heavy atom. The minimum atomic E-state index is -1.08. The summed E-state index contributed by atoms with van der Waals surface area (Å²) in [5.41, 5.74) is 0.819. The molecule has 2 aliphatic heterocycles. The van der Waals surface area contributed by atoms with Crippen molar-refractivity contribution in [1.82, 2.24) is 30.4 Å². The Labute approximate surface area is 216 Å². The zero-order chi connectivity index (χ0) is 25.7. The van der Waals surface area contributed by atoms with E-state index in [1.807, 2.05) is 7.05 Å². The first kappa shape index (κ1) is 25.9. The SMILES string of the molecule is CN1CCN(C(=O)[C@H](CNC(=O)C(=O)Nc2ccc(Cl)cn2)NC(=O)c2nc3c(s2)COCC3)CC1. The van der Waals surface area contributed by atoms with Gasteiger partial charge in [-0.1, -0.05) is 11.6 Å². The van der Waals surface area contributed by atoms with Crippen LogP contribution in [-0.4, -0.2) is 95.8 Å². The number of rotatable bonds is 6. The molecule has 12 nitrogen and oxygen atoms in total. The minimum Gasteiger partial charge on any atom is -0.375 e. The maximum absolute atomic E-state index is 13.3. The maximum Gasteiger partial charge on any atom is 0.314 e. The van der Waals surface area contributed by atoms with E-state index in [4.69, 9.17) is 16.3 Å². The van der Waals surface area contributed by atoms with Gasteiger partial charge in [0.05, 0.1) is 28.8 Å². The summed E-state index contributed by atoms with van der Waals surface area (Å²) < 4.78 is 5.41. The number of halogens is 1. The molecule has 2 aromatic heterocycles. The molecule has 192 valence electrons. The fourth-order valence-corrected chi connectivity index (χ4v) is 4.75. The van der Waals surface area contributed by atoms with Crippen LogP contribution in [0.5, 0.6) is 0 Å². The molecule has 4 amide bonds. The summed E-state index contributed by atoms with van der Waals surface area (Å²) in [6, 6.07) is 1.89. The number of hydrogen-bond acceptors (Lipinski definition) is 9. The van der Waals surface area contributed by atoms with E-state index in [0.717, 1.165) is 10.6 Å². The van der Waals surface area contributed by atoms with Gasteiger partial charge in [-0.15, -0.1) is 11.3 Å². The molecule has 3 N–H and O–H groups in total. The van der Waals surface area contributed by atoms with Gasteiger partial charge in [-0.3, -0.25) is 19.2 Å². The van der Waals surface area contributed by atoms with Crippen LogP contribution in [-0.2, 0) is 32.1 Å². The number of carbonyl (C=O) groups is 4. The van der Waals surface area contributed by atoms with Gasteiger partial charge < -0.3 is 30.5 Å². The van der Waals surface area contributed by atoms with Crippen molar-refractivity contribution in [3.63, 3.8) is 0 Å². The van der Waals surface area contributed by atoms with E-state index in [2.05, 4.69) is 30.8 Å². The van der Waals surface area contributed by atoms with Crippen LogP contribution in [0.15, 0.2) is 18.3 Å². The molecule has 0 radical (unpaired) electrons. The Bertz CT molecular complexity index is 1110. The molecular formula is C22H26ClN7O5S. The number of hydrogen-bond donors (Lipinski definition) is 3. The molecule has 2 aromatic rings. The van der Waals surface area contributed by atoms with Crippen LogP contribution in [0.4, 0.5) is 5.82 Å². The van der Waals surface area contributed by atoms with E-state index in [1.165, 1.54) is 29.7 Å². The van der Waals surface area contributed by atoms with E-state index in [1.54, 1.807) is 4.90 Å². The van der Waals surface area contributed by atoms with Gasteiger partial charge in [0.15, 0.2) is 5.01 Å². The molecule has 36 heavy (non-hydrogen) atoms. The summed E-state index contributed by atoms with van der Waals surface area (Å²) in [4.78, 5) is 63.8. The van der Waals surface area contributed by atoms with Crippen LogP contribution in [0.25, 0.3) is 0 Å². The number of piperazine rings is 1. The minimum absolute atomic E-state index is 0.148. The zero-order valence-corrected chi connectivity index (χ0v) is 21.2. The number of likely N-dealkylation sites (N-methyl/N-ethyl adjacent to an activating group) is 1. The standard InChI is InChI=1S/C22H26ClN7O5S/c1-29-5-7-30(8-6-29)22(34)15(26-20(33)21-27-14-4-9-35-12-16(14)36-21)11-25-18(31)19(32)28-17-3-2-13(23)10-24-17/h2-3,10,15H,4-9,11-12H2,1H3,(H,25,31)(H,26,33)(H,24,28,32)/t15-/m0/s1. The summed E-state index contributed by atoms with van der Waals surface area (Å²) in [5.74, 6) is -2.66. The molecule has 0 bridgehead atoms. The van der Waals surface area contributed by atoms with Crippen LogP contribution < -0.4 is 16.0 Å². The lowest BCUT2D eigenvalue weighted by Gasteiger charge is -2.34.